The molecule has 0 saturated carbocycles. The first-order valence-corrected chi connectivity index (χ1v) is 11.6. The van der Waals surface area contributed by atoms with E-state index in [1.165, 1.54) is 25.2 Å². The molecule has 8 heteroatoms. The average Bonchev–Trinajstić information content (AvgIpc) is 3.16. The number of Topliss-reactive ketones (excluding diaryl/α,β-unsaturated/α-hetero) is 1. The zero-order valence-electron chi connectivity index (χ0n) is 20.2. The number of halogens is 1. The number of carbonyl (C=O) groups excluding carboxylic acids is 2. The number of likely N-dealkylation sites (tertiary alicyclic amines) is 1. The van der Waals surface area contributed by atoms with E-state index >= 15 is 0 Å². The second-order valence-corrected chi connectivity index (χ2v) is 8.65. The number of methoxy groups -OCH3 is 3. The Morgan fingerprint density at radius 1 is 0.917 bits per heavy atom. The fourth-order valence-electron chi connectivity index (χ4n) is 4.32. The molecule has 1 atom stereocenters. The average molecular weight is 508 g/mol. The summed E-state index contributed by atoms with van der Waals surface area (Å²) in [5.41, 5.74) is 1.79. The van der Waals surface area contributed by atoms with Crippen molar-refractivity contribution in [3.63, 3.8) is 0 Å². The van der Waals surface area contributed by atoms with Gasteiger partial charge in [-0.2, -0.15) is 0 Å². The lowest BCUT2D eigenvalue weighted by atomic mass is 9.94. The molecule has 4 rings (SSSR count). The minimum atomic E-state index is -0.831. The van der Waals surface area contributed by atoms with E-state index in [4.69, 9.17) is 25.8 Å². The minimum Gasteiger partial charge on any atom is -0.507 e. The molecule has 1 fully saturated rings. The minimum absolute atomic E-state index is 0.0384. The van der Waals surface area contributed by atoms with Crippen LogP contribution in [0.15, 0.2) is 72.3 Å². The van der Waals surface area contributed by atoms with Crippen LogP contribution in [0.3, 0.4) is 0 Å². The van der Waals surface area contributed by atoms with Crippen molar-refractivity contribution in [1.82, 2.24) is 4.90 Å². The fourth-order valence-corrected chi connectivity index (χ4v) is 4.49. The van der Waals surface area contributed by atoms with Gasteiger partial charge in [0, 0.05) is 11.6 Å². The van der Waals surface area contributed by atoms with Crippen LogP contribution in [-0.2, 0) is 16.0 Å². The molecular formula is C28H26ClNO6. The maximum atomic E-state index is 13.3. The molecule has 1 aliphatic rings. The highest BCUT2D eigenvalue weighted by atomic mass is 35.5. The molecule has 0 spiro atoms. The SMILES string of the molecule is COc1ccc(CCN2C(=O)C(=O)/C(=C(/O)c3cc(Cl)ccc3OC)C2c2cccc(OC)c2)cc1. The summed E-state index contributed by atoms with van der Waals surface area (Å²) >= 11 is 6.17. The Morgan fingerprint density at radius 2 is 1.64 bits per heavy atom. The molecule has 0 aliphatic carbocycles. The summed E-state index contributed by atoms with van der Waals surface area (Å²) < 4.78 is 16.0. The van der Waals surface area contributed by atoms with Crippen molar-refractivity contribution in [2.24, 2.45) is 0 Å². The number of ketones is 1. The van der Waals surface area contributed by atoms with Gasteiger partial charge in [-0.05, 0) is 60.0 Å². The third-order valence-electron chi connectivity index (χ3n) is 6.17. The first-order chi connectivity index (χ1) is 17.4. The van der Waals surface area contributed by atoms with Gasteiger partial charge in [-0.1, -0.05) is 35.9 Å². The Bertz CT molecular complexity index is 1320. The van der Waals surface area contributed by atoms with E-state index < -0.39 is 17.7 Å². The fraction of sp³-hybridized carbons (Fsp3) is 0.214. The molecule has 0 radical (unpaired) electrons. The smallest absolute Gasteiger partial charge is 0.295 e. The predicted molar refractivity (Wildman–Crippen MR) is 137 cm³/mol. The van der Waals surface area contributed by atoms with Crippen LogP contribution in [0, 0.1) is 0 Å². The maximum Gasteiger partial charge on any atom is 0.295 e. The van der Waals surface area contributed by atoms with Gasteiger partial charge in [0.25, 0.3) is 11.7 Å². The van der Waals surface area contributed by atoms with Crippen molar-refractivity contribution >= 4 is 29.1 Å². The van der Waals surface area contributed by atoms with Gasteiger partial charge in [-0.3, -0.25) is 9.59 Å². The standard InChI is InChI=1S/C28H26ClNO6/c1-34-20-10-7-17(8-11-20)13-14-30-25(18-5-4-6-21(15-18)35-2)24(27(32)28(30)33)26(31)22-16-19(29)9-12-23(22)36-3/h4-12,15-16,25,31H,13-14H2,1-3H3/b26-24+. The summed E-state index contributed by atoms with van der Waals surface area (Å²) in [6.07, 6.45) is 0.498. The van der Waals surface area contributed by atoms with Crippen LogP contribution in [0.4, 0.5) is 0 Å². The molecule has 1 heterocycles. The highest BCUT2D eigenvalue weighted by Gasteiger charge is 2.46. The monoisotopic (exact) mass is 507 g/mol. The Kier molecular flexibility index (Phi) is 7.50. The summed E-state index contributed by atoms with van der Waals surface area (Å²) in [5, 5.41) is 11.7. The van der Waals surface area contributed by atoms with Crippen LogP contribution in [0.1, 0.15) is 22.7 Å². The van der Waals surface area contributed by atoms with Crippen LogP contribution in [0.5, 0.6) is 17.2 Å². The van der Waals surface area contributed by atoms with Crippen LogP contribution in [0.2, 0.25) is 5.02 Å². The Balaban J connectivity index is 1.81. The van der Waals surface area contributed by atoms with Crippen LogP contribution in [0.25, 0.3) is 5.76 Å². The van der Waals surface area contributed by atoms with E-state index in [-0.39, 0.29) is 23.4 Å². The van der Waals surface area contributed by atoms with Gasteiger partial charge in [0.15, 0.2) is 0 Å². The summed E-state index contributed by atoms with van der Waals surface area (Å²) in [5.74, 6) is -0.214. The zero-order chi connectivity index (χ0) is 25.8. The summed E-state index contributed by atoms with van der Waals surface area (Å²) in [7, 11) is 4.58. The number of rotatable bonds is 8. The number of carbonyl (C=O) groups is 2. The molecule has 1 aliphatic heterocycles. The van der Waals surface area contributed by atoms with Crippen molar-refractivity contribution in [2.75, 3.05) is 27.9 Å². The number of nitrogens with zero attached hydrogens (tertiary/aromatic N) is 1. The summed E-state index contributed by atoms with van der Waals surface area (Å²) in [6, 6.07) is 18.5. The second-order valence-electron chi connectivity index (χ2n) is 8.21. The quantitative estimate of drug-likeness (QED) is 0.261. The van der Waals surface area contributed by atoms with Crippen LogP contribution in [-0.4, -0.2) is 49.6 Å². The maximum absolute atomic E-state index is 13.3. The largest absolute Gasteiger partial charge is 0.507 e. The number of hydrogen-bond acceptors (Lipinski definition) is 6. The van der Waals surface area contributed by atoms with Gasteiger partial charge in [-0.15, -0.1) is 0 Å². The second kappa shape index (κ2) is 10.7. The Labute approximate surface area is 214 Å². The molecule has 186 valence electrons. The van der Waals surface area contributed by atoms with Crippen molar-refractivity contribution in [3.8, 4) is 17.2 Å². The Morgan fingerprint density at radius 3 is 2.31 bits per heavy atom. The molecule has 0 bridgehead atoms. The van der Waals surface area contributed by atoms with E-state index in [1.807, 2.05) is 24.3 Å². The molecule has 1 unspecified atom stereocenters. The van der Waals surface area contributed by atoms with Gasteiger partial charge in [-0.25, -0.2) is 0 Å². The van der Waals surface area contributed by atoms with Crippen molar-refractivity contribution in [3.05, 3.63) is 94.0 Å². The predicted octanol–water partition coefficient (Wildman–Crippen LogP) is 5.03. The van der Waals surface area contributed by atoms with Crippen molar-refractivity contribution in [1.29, 1.82) is 0 Å². The molecule has 1 amide bonds. The van der Waals surface area contributed by atoms with E-state index in [0.717, 1.165) is 11.3 Å². The van der Waals surface area contributed by atoms with E-state index in [9.17, 15) is 14.7 Å². The third kappa shape index (κ3) is 4.88. The van der Waals surface area contributed by atoms with Gasteiger partial charge in [0.1, 0.15) is 23.0 Å². The lowest BCUT2D eigenvalue weighted by Gasteiger charge is -2.26. The number of ether oxygens (including phenoxy) is 3. The van der Waals surface area contributed by atoms with Gasteiger partial charge >= 0.3 is 0 Å². The van der Waals surface area contributed by atoms with E-state index in [0.29, 0.717) is 28.5 Å². The van der Waals surface area contributed by atoms with Crippen molar-refractivity contribution < 1.29 is 28.9 Å². The molecular weight excluding hydrogens is 482 g/mol. The number of hydrogen-bond donors (Lipinski definition) is 1. The number of amides is 1. The molecule has 1 N–H and O–H groups in total. The van der Waals surface area contributed by atoms with Gasteiger partial charge in [0.05, 0.1) is 38.5 Å². The summed E-state index contributed by atoms with van der Waals surface area (Å²) in [4.78, 5) is 28.0. The lowest BCUT2D eigenvalue weighted by molar-refractivity contribution is -0.139. The number of benzene rings is 3. The first kappa shape index (κ1) is 25.1. The topological polar surface area (TPSA) is 85.3 Å². The molecule has 1 saturated heterocycles. The Hall–Kier alpha value is -3.97. The normalized spacial score (nSPS) is 16.8. The molecule has 36 heavy (non-hydrogen) atoms. The van der Waals surface area contributed by atoms with E-state index in [2.05, 4.69) is 0 Å². The molecule has 0 aromatic heterocycles. The van der Waals surface area contributed by atoms with Gasteiger partial charge < -0.3 is 24.2 Å². The molecule has 7 nitrogen and oxygen atoms in total. The number of aliphatic hydroxyl groups is 1. The van der Waals surface area contributed by atoms with Gasteiger partial charge in [0.2, 0.25) is 0 Å². The van der Waals surface area contributed by atoms with Crippen LogP contribution >= 0.6 is 11.6 Å². The zero-order valence-corrected chi connectivity index (χ0v) is 20.9. The van der Waals surface area contributed by atoms with Crippen LogP contribution < -0.4 is 14.2 Å². The number of aliphatic hydroxyl groups excluding tert-OH is 1. The highest BCUT2D eigenvalue weighted by Crippen LogP contribution is 2.42. The summed E-state index contributed by atoms with van der Waals surface area (Å²) in [6.45, 7) is 0.252. The third-order valence-corrected chi connectivity index (χ3v) is 6.40. The highest BCUT2D eigenvalue weighted by molar-refractivity contribution is 6.46. The first-order valence-electron chi connectivity index (χ1n) is 11.3. The molecule has 3 aromatic rings. The van der Waals surface area contributed by atoms with Crippen molar-refractivity contribution in [2.45, 2.75) is 12.5 Å². The van der Waals surface area contributed by atoms with E-state index in [1.54, 1.807) is 43.5 Å². The molecule has 3 aromatic carbocycles. The lowest BCUT2D eigenvalue weighted by Crippen LogP contribution is -2.31.